The van der Waals surface area contributed by atoms with Crippen LogP contribution in [-0.2, 0) is 9.16 Å². The molecule has 1 aromatic rings. The third-order valence-corrected chi connectivity index (χ3v) is 8.36. The van der Waals surface area contributed by atoms with Crippen LogP contribution in [0.3, 0.4) is 0 Å². The van der Waals surface area contributed by atoms with E-state index in [1.54, 1.807) is 7.11 Å². The van der Waals surface area contributed by atoms with E-state index >= 15 is 0 Å². The SMILES string of the molecule is COC(CO[Si](C)(C)C(C)(C)C)c1ccccc1. The van der Waals surface area contributed by atoms with Crippen molar-refractivity contribution in [3.8, 4) is 0 Å². The molecule has 0 amide bonds. The molecule has 1 aromatic carbocycles. The normalized spacial score (nSPS) is 14.6. The smallest absolute Gasteiger partial charge is 0.192 e. The van der Waals surface area contributed by atoms with Crippen molar-refractivity contribution in [3.05, 3.63) is 35.9 Å². The van der Waals surface area contributed by atoms with E-state index in [-0.39, 0.29) is 11.1 Å². The summed E-state index contributed by atoms with van der Waals surface area (Å²) in [5, 5.41) is 0.238. The van der Waals surface area contributed by atoms with Crippen LogP contribution >= 0.6 is 0 Å². The van der Waals surface area contributed by atoms with Crippen LogP contribution in [0.5, 0.6) is 0 Å². The average Bonchev–Trinajstić information content (AvgIpc) is 2.29. The molecule has 0 spiro atoms. The van der Waals surface area contributed by atoms with Crippen molar-refractivity contribution in [1.82, 2.24) is 0 Å². The first-order valence-corrected chi connectivity index (χ1v) is 9.40. The van der Waals surface area contributed by atoms with Crippen molar-refractivity contribution in [2.75, 3.05) is 13.7 Å². The van der Waals surface area contributed by atoms with Crippen LogP contribution in [-0.4, -0.2) is 22.0 Å². The second-order valence-electron chi connectivity index (χ2n) is 6.21. The molecule has 0 saturated heterocycles. The van der Waals surface area contributed by atoms with Gasteiger partial charge < -0.3 is 9.16 Å². The molecule has 0 bridgehead atoms. The molecule has 1 unspecified atom stereocenters. The average molecular weight is 266 g/mol. The highest BCUT2D eigenvalue weighted by molar-refractivity contribution is 6.74. The number of hydrogen-bond acceptors (Lipinski definition) is 2. The zero-order valence-corrected chi connectivity index (χ0v) is 13.5. The largest absolute Gasteiger partial charge is 0.414 e. The van der Waals surface area contributed by atoms with E-state index < -0.39 is 8.32 Å². The number of rotatable bonds is 5. The third kappa shape index (κ3) is 3.94. The third-order valence-electron chi connectivity index (χ3n) is 3.86. The fourth-order valence-electron chi connectivity index (χ4n) is 1.47. The summed E-state index contributed by atoms with van der Waals surface area (Å²) in [5.74, 6) is 0. The van der Waals surface area contributed by atoms with E-state index in [1.807, 2.05) is 18.2 Å². The van der Waals surface area contributed by atoms with E-state index in [0.717, 1.165) is 0 Å². The van der Waals surface area contributed by atoms with Gasteiger partial charge in [-0.1, -0.05) is 51.1 Å². The fraction of sp³-hybridized carbons (Fsp3) is 0.600. The van der Waals surface area contributed by atoms with Gasteiger partial charge in [-0.15, -0.1) is 0 Å². The van der Waals surface area contributed by atoms with E-state index in [9.17, 15) is 0 Å². The standard InChI is InChI=1S/C15H26O2Si/c1-15(2,3)18(5,6)17-12-14(16-4)13-10-8-7-9-11-13/h7-11,14H,12H2,1-6H3. The van der Waals surface area contributed by atoms with E-state index in [2.05, 4.69) is 46.0 Å². The summed E-state index contributed by atoms with van der Waals surface area (Å²) in [7, 11) is 0.0459. The van der Waals surface area contributed by atoms with Gasteiger partial charge in [-0.2, -0.15) is 0 Å². The second-order valence-corrected chi connectivity index (χ2v) is 11.0. The summed E-state index contributed by atoms with van der Waals surface area (Å²) in [6.07, 6.45) is 0.0281. The van der Waals surface area contributed by atoms with Gasteiger partial charge in [0.2, 0.25) is 0 Å². The molecular formula is C15H26O2Si. The highest BCUT2D eigenvalue weighted by Gasteiger charge is 2.37. The molecular weight excluding hydrogens is 240 g/mol. The Bertz CT molecular complexity index is 355. The Balaban J connectivity index is 2.67. The van der Waals surface area contributed by atoms with Crippen LogP contribution in [0.1, 0.15) is 32.4 Å². The predicted octanol–water partition coefficient (Wildman–Crippen LogP) is 4.40. The highest BCUT2D eigenvalue weighted by atomic mass is 28.4. The molecule has 0 aliphatic heterocycles. The van der Waals surface area contributed by atoms with Crippen LogP contribution in [0.25, 0.3) is 0 Å². The zero-order chi connectivity index (χ0) is 13.8. The molecule has 1 rings (SSSR count). The molecule has 0 fully saturated rings. The van der Waals surface area contributed by atoms with E-state index in [4.69, 9.17) is 9.16 Å². The number of benzene rings is 1. The van der Waals surface area contributed by atoms with Crippen molar-refractivity contribution in [2.24, 2.45) is 0 Å². The molecule has 0 N–H and O–H groups in total. The maximum atomic E-state index is 6.22. The van der Waals surface area contributed by atoms with Gasteiger partial charge in [-0.25, -0.2) is 0 Å². The minimum Gasteiger partial charge on any atom is -0.414 e. The Labute approximate surface area is 112 Å². The molecule has 0 saturated carbocycles. The van der Waals surface area contributed by atoms with E-state index in [0.29, 0.717) is 6.61 Å². The van der Waals surface area contributed by atoms with Crippen molar-refractivity contribution >= 4 is 8.32 Å². The Morgan fingerprint density at radius 3 is 2.11 bits per heavy atom. The molecule has 0 aliphatic rings. The summed E-state index contributed by atoms with van der Waals surface area (Å²) >= 11 is 0. The van der Waals surface area contributed by atoms with Crippen LogP contribution in [0.4, 0.5) is 0 Å². The topological polar surface area (TPSA) is 18.5 Å². The number of ether oxygens (including phenoxy) is 1. The van der Waals surface area contributed by atoms with Crippen molar-refractivity contribution in [1.29, 1.82) is 0 Å². The molecule has 0 aliphatic carbocycles. The first-order valence-electron chi connectivity index (χ1n) is 6.49. The monoisotopic (exact) mass is 266 g/mol. The molecule has 2 nitrogen and oxygen atoms in total. The minimum atomic E-state index is -1.70. The van der Waals surface area contributed by atoms with Gasteiger partial charge in [0, 0.05) is 7.11 Å². The number of hydrogen-bond donors (Lipinski definition) is 0. The Hall–Kier alpha value is -0.643. The Morgan fingerprint density at radius 1 is 1.11 bits per heavy atom. The first kappa shape index (κ1) is 15.4. The van der Waals surface area contributed by atoms with Gasteiger partial charge in [0.1, 0.15) is 6.10 Å². The Morgan fingerprint density at radius 2 is 1.67 bits per heavy atom. The Kier molecular flexibility index (Phi) is 5.14. The molecule has 0 aromatic heterocycles. The summed E-state index contributed by atoms with van der Waals surface area (Å²) in [6, 6.07) is 10.3. The fourth-order valence-corrected chi connectivity index (χ4v) is 2.47. The number of methoxy groups -OCH3 is 1. The van der Waals surface area contributed by atoms with Gasteiger partial charge in [-0.3, -0.25) is 0 Å². The first-order chi connectivity index (χ1) is 8.28. The van der Waals surface area contributed by atoms with Crippen LogP contribution < -0.4 is 0 Å². The van der Waals surface area contributed by atoms with Crippen molar-refractivity contribution in [2.45, 2.75) is 45.0 Å². The predicted molar refractivity (Wildman–Crippen MR) is 79.3 cm³/mol. The molecule has 18 heavy (non-hydrogen) atoms. The van der Waals surface area contributed by atoms with Gasteiger partial charge in [0.15, 0.2) is 8.32 Å². The maximum Gasteiger partial charge on any atom is 0.192 e. The zero-order valence-electron chi connectivity index (χ0n) is 12.5. The lowest BCUT2D eigenvalue weighted by Crippen LogP contribution is -2.41. The summed E-state index contributed by atoms with van der Waals surface area (Å²) in [5.41, 5.74) is 1.18. The lowest BCUT2D eigenvalue weighted by molar-refractivity contribution is 0.0525. The second kappa shape index (κ2) is 6.00. The molecule has 102 valence electrons. The summed E-state index contributed by atoms with van der Waals surface area (Å²) in [4.78, 5) is 0. The van der Waals surface area contributed by atoms with Crippen molar-refractivity contribution < 1.29 is 9.16 Å². The minimum absolute atomic E-state index is 0.0281. The maximum absolute atomic E-state index is 6.22. The van der Waals surface area contributed by atoms with Crippen LogP contribution in [0.15, 0.2) is 30.3 Å². The molecule has 0 radical (unpaired) electrons. The lowest BCUT2D eigenvalue weighted by Gasteiger charge is -2.37. The molecule has 1 atom stereocenters. The van der Waals surface area contributed by atoms with E-state index in [1.165, 1.54) is 5.56 Å². The van der Waals surface area contributed by atoms with Gasteiger partial charge in [0.25, 0.3) is 0 Å². The van der Waals surface area contributed by atoms with Crippen LogP contribution in [0, 0.1) is 0 Å². The van der Waals surface area contributed by atoms with Gasteiger partial charge in [-0.05, 0) is 23.7 Å². The quantitative estimate of drug-likeness (QED) is 0.736. The van der Waals surface area contributed by atoms with Gasteiger partial charge >= 0.3 is 0 Å². The van der Waals surface area contributed by atoms with Crippen molar-refractivity contribution in [3.63, 3.8) is 0 Å². The molecule has 0 heterocycles. The summed E-state index contributed by atoms with van der Waals surface area (Å²) in [6.45, 7) is 11.9. The van der Waals surface area contributed by atoms with Gasteiger partial charge in [0.05, 0.1) is 6.61 Å². The lowest BCUT2D eigenvalue weighted by atomic mass is 10.1. The molecule has 3 heteroatoms. The van der Waals surface area contributed by atoms with Crippen LogP contribution in [0.2, 0.25) is 18.1 Å². The highest BCUT2D eigenvalue weighted by Crippen LogP contribution is 2.37. The summed E-state index contributed by atoms with van der Waals surface area (Å²) < 4.78 is 11.8.